The summed E-state index contributed by atoms with van der Waals surface area (Å²) in [6, 6.07) is 9.91. The molecule has 0 bridgehead atoms. The Kier molecular flexibility index (Phi) is 4.37. The van der Waals surface area contributed by atoms with Crippen LogP contribution in [0.4, 0.5) is 0 Å². The van der Waals surface area contributed by atoms with Crippen LogP contribution in [0, 0.1) is 0 Å². The van der Waals surface area contributed by atoms with Gasteiger partial charge < -0.3 is 10.1 Å². The minimum atomic E-state index is -0.517. The zero-order valence-electron chi connectivity index (χ0n) is 12.7. The summed E-state index contributed by atoms with van der Waals surface area (Å²) in [5.41, 5.74) is 3.72. The van der Waals surface area contributed by atoms with Crippen molar-refractivity contribution < 1.29 is 9.53 Å². The van der Waals surface area contributed by atoms with Gasteiger partial charge in [-0.15, -0.1) is 0 Å². The molecule has 1 aliphatic carbocycles. The van der Waals surface area contributed by atoms with Crippen molar-refractivity contribution in [2.45, 2.75) is 38.8 Å². The molecule has 4 nitrogen and oxygen atoms in total. The molecule has 0 fully saturated rings. The van der Waals surface area contributed by atoms with Crippen LogP contribution in [0.15, 0.2) is 42.7 Å². The number of aromatic nitrogens is 1. The molecule has 1 amide bonds. The van der Waals surface area contributed by atoms with Crippen LogP contribution in [0.1, 0.15) is 30.0 Å². The van der Waals surface area contributed by atoms with Gasteiger partial charge in [-0.2, -0.15) is 0 Å². The second-order valence-electron chi connectivity index (χ2n) is 5.62. The first-order valence-corrected chi connectivity index (χ1v) is 7.67. The first kappa shape index (κ1) is 14.6. The Balaban J connectivity index is 1.55. The number of benzene rings is 1. The van der Waals surface area contributed by atoms with Crippen LogP contribution < -0.4 is 10.1 Å². The highest BCUT2D eigenvalue weighted by Crippen LogP contribution is 2.26. The van der Waals surface area contributed by atoms with Crippen LogP contribution in [0.25, 0.3) is 0 Å². The molecule has 4 heteroatoms. The third kappa shape index (κ3) is 3.45. The number of carbonyl (C=O) groups excluding carboxylic acids is 1. The zero-order chi connectivity index (χ0) is 15.4. The number of hydrogen-bond acceptors (Lipinski definition) is 3. The minimum Gasteiger partial charge on any atom is -0.481 e. The molecular weight excluding hydrogens is 276 g/mol. The Morgan fingerprint density at radius 1 is 1.32 bits per heavy atom. The molecule has 0 spiro atoms. The maximum atomic E-state index is 12.1. The van der Waals surface area contributed by atoms with E-state index in [1.807, 2.05) is 18.2 Å². The second kappa shape index (κ2) is 6.60. The molecule has 0 saturated carbocycles. The van der Waals surface area contributed by atoms with Crippen molar-refractivity contribution in [3.05, 3.63) is 59.4 Å². The van der Waals surface area contributed by atoms with E-state index >= 15 is 0 Å². The van der Waals surface area contributed by atoms with Gasteiger partial charge in [0.15, 0.2) is 6.10 Å². The van der Waals surface area contributed by atoms with Crippen molar-refractivity contribution in [2.75, 3.05) is 0 Å². The van der Waals surface area contributed by atoms with Gasteiger partial charge in [0.25, 0.3) is 5.91 Å². The lowest BCUT2D eigenvalue weighted by atomic mass is 10.1. The largest absolute Gasteiger partial charge is 0.481 e. The highest BCUT2D eigenvalue weighted by Gasteiger charge is 2.16. The highest BCUT2D eigenvalue weighted by molar-refractivity contribution is 5.80. The molecule has 1 aromatic carbocycles. The number of pyridine rings is 1. The third-order valence-electron chi connectivity index (χ3n) is 3.94. The summed E-state index contributed by atoms with van der Waals surface area (Å²) in [4.78, 5) is 16.1. The summed E-state index contributed by atoms with van der Waals surface area (Å²) < 4.78 is 5.76. The van der Waals surface area contributed by atoms with Crippen LogP contribution in [0.5, 0.6) is 5.75 Å². The van der Waals surface area contributed by atoms with E-state index in [0.29, 0.717) is 6.54 Å². The zero-order valence-corrected chi connectivity index (χ0v) is 12.7. The Bertz CT molecular complexity index is 655. The van der Waals surface area contributed by atoms with E-state index in [1.54, 1.807) is 19.3 Å². The molecule has 0 saturated heterocycles. The molecule has 3 rings (SSSR count). The smallest absolute Gasteiger partial charge is 0.261 e. The van der Waals surface area contributed by atoms with Crippen molar-refractivity contribution >= 4 is 5.91 Å². The van der Waals surface area contributed by atoms with Gasteiger partial charge in [-0.05, 0) is 61.1 Å². The van der Waals surface area contributed by atoms with Crippen LogP contribution in [0.2, 0.25) is 0 Å². The molecule has 1 atom stereocenters. The molecule has 22 heavy (non-hydrogen) atoms. The van der Waals surface area contributed by atoms with E-state index < -0.39 is 6.10 Å². The van der Waals surface area contributed by atoms with Gasteiger partial charge in [0.2, 0.25) is 0 Å². The third-order valence-corrected chi connectivity index (χ3v) is 3.94. The topological polar surface area (TPSA) is 51.2 Å². The Morgan fingerprint density at radius 2 is 2.18 bits per heavy atom. The van der Waals surface area contributed by atoms with Crippen molar-refractivity contribution in [2.24, 2.45) is 0 Å². The SMILES string of the molecule is CC(Oc1ccc2c(c1)CCC2)C(=O)NCc1cccnc1. The van der Waals surface area contributed by atoms with Crippen molar-refractivity contribution in [3.63, 3.8) is 0 Å². The molecule has 0 aliphatic heterocycles. The Labute approximate surface area is 130 Å². The monoisotopic (exact) mass is 296 g/mol. The first-order valence-electron chi connectivity index (χ1n) is 7.67. The number of fused-ring (bicyclic) bond motifs is 1. The van der Waals surface area contributed by atoms with Crippen LogP contribution >= 0.6 is 0 Å². The average Bonchev–Trinajstić information content (AvgIpc) is 3.01. The van der Waals surface area contributed by atoms with E-state index in [9.17, 15) is 4.79 Å². The molecule has 0 radical (unpaired) electrons. The summed E-state index contributed by atoms with van der Waals surface area (Å²) in [6.45, 7) is 2.23. The van der Waals surface area contributed by atoms with Gasteiger partial charge in [-0.3, -0.25) is 9.78 Å². The molecule has 1 N–H and O–H groups in total. The van der Waals surface area contributed by atoms with Crippen LogP contribution in [-0.4, -0.2) is 17.0 Å². The lowest BCUT2D eigenvalue weighted by Crippen LogP contribution is -2.35. The fourth-order valence-corrected chi connectivity index (χ4v) is 2.71. The number of rotatable bonds is 5. The summed E-state index contributed by atoms with van der Waals surface area (Å²) >= 11 is 0. The summed E-state index contributed by atoms with van der Waals surface area (Å²) in [7, 11) is 0. The number of carbonyl (C=O) groups is 1. The molecular formula is C18H20N2O2. The number of ether oxygens (including phenoxy) is 1. The fourth-order valence-electron chi connectivity index (χ4n) is 2.71. The maximum absolute atomic E-state index is 12.1. The summed E-state index contributed by atoms with van der Waals surface area (Å²) in [6.07, 6.45) is 6.40. The Hall–Kier alpha value is -2.36. The average molecular weight is 296 g/mol. The fraction of sp³-hybridized carbons (Fsp3) is 0.333. The van der Waals surface area contributed by atoms with Gasteiger partial charge >= 0.3 is 0 Å². The highest BCUT2D eigenvalue weighted by atomic mass is 16.5. The number of hydrogen-bond donors (Lipinski definition) is 1. The quantitative estimate of drug-likeness (QED) is 0.923. The molecule has 2 aromatic rings. The molecule has 1 heterocycles. The van der Waals surface area contributed by atoms with E-state index in [4.69, 9.17) is 4.74 Å². The lowest BCUT2D eigenvalue weighted by Gasteiger charge is -2.15. The lowest BCUT2D eigenvalue weighted by molar-refractivity contribution is -0.127. The summed E-state index contributed by atoms with van der Waals surface area (Å²) in [5, 5.41) is 2.87. The number of aryl methyl sites for hydroxylation is 2. The number of nitrogens with one attached hydrogen (secondary N) is 1. The van der Waals surface area contributed by atoms with Gasteiger partial charge in [-0.25, -0.2) is 0 Å². The standard InChI is InChI=1S/C18H20N2O2/c1-13(18(21)20-12-14-4-3-9-19-11-14)22-17-8-7-15-5-2-6-16(15)10-17/h3-4,7-11,13H,2,5-6,12H2,1H3,(H,20,21). The number of nitrogens with zero attached hydrogens (tertiary/aromatic N) is 1. The minimum absolute atomic E-state index is 0.121. The normalized spacial score (nSPS) is 14.2. The van der Waals surface area contributed by atoms with E-state index in [-0.39, 0.29) is 5.91 Å². The number of amides is 1. The van der Waals surface area contributed by atoms with Gasteiger partial charge in [0.05, 0.1) is 0 Å². The van der Waals surface area contributed by atoms with Crippen molar-refractivity contribution in [1.29, 1.82) is 0 Å². The maximum Gasteiger partial charge on any atom is 0.261 e. The van der Waals surface area contributed by atoms with Gasteiger partial charge in [-0.1, -0.05) is 12.1 Å². The molecule has 1 aromatic heterocycles. The predicted octanol–water partition coefficient (Wildman–Crippen LogP) is 2.65. The molecule has 1 unspecified atom stereocenters. The van der Waals surface area contributed by atoms with Crippen molar-refractivity contribution in [3.8, 4) is 5.75 Å². The van der Waals surface area contributed by atoms with E-state index in [1.165, 1.54) is 17.5 Å². The van der Waals surface area contributed by atoms with Gasteiger partial charge in [0.1, 0.15) is 5.75 Å². The Morgan fingerprint density at radius 3 is 3.00 bits per heavy atom. The molecule has 1 aliphatic rings. The summed E-state index contributed by atoms with van der Waals surface area (Å²) in [5.74, 6) is 0.647. The van der Waals surface area contributed by atoms with Gasteiger partial charge in [0, 0.05) is 18.9 Å². The van der Waals surface area contributed by atoms with Crippen molar-refractivity contribution in [1.82, 2.24) is 10.3 Å². The van der Waals surface area contributed by atoms with E-state index in [0.717, 1.165) is 24.2 Å². The van der Waals surface area contributed by atoms with Crippen LogP contribution in [0.3, 0.4) is 0 Å². The molecule has 114 valence electrons. The first-order chi connectivity index (χ1) is 10.7. The van der Waals surface area contributed by atoms with E-state index in [2.05, 4.69) is 22.4 Å². The predicted molar refractivity (Wildman–Crippen MR) is 84.6 cm³/mol. The second-order valence-corrected chi connectivity index (χ2v) is 5.62. The van der Waals surface area contributed by atoms with Crippen LogP contribution in [-0.2, 0) is 24.2 Å².